The number of alkyl halides is 3. The van der Waals surface area contributed by atoms with Gasteiger partial charge in [0, 0.05) is 32.2 Å². The Morgan fingerprint density at radius 3 is 2.36 bits per heavy atom. The van der Waals surface area contributed by atoms with Gasteiger partial charge in [-0.05, 0) is 48.0 Å². The van der Waals surface area contributed by atoms with Crippen LogP contribution in [-0.4, -0.2) is 36.6 Å². The molecule has 0 bridgehead atoms. The van der Waals surface area contributed by atoms with Gasteiger partial charge in [-0.25, -0.2) is 12.4 Å². The van der Waals surface area contributed by atoms with Crippen LogP contribution in [0.2, 0.25) is 0 Å². The van der Waals surface area contributed by atoms with Crippen molar-refractivity contribution in [2.45, 2.75) is 11.1 Å². The monoisotopic (exact) mass is 412 g/mol. The van der Waals surface area contributed by atoms with Gasteiger partial charge >= 0.3 is 12.1 Å². The molecule has 0 saturated carbocycles. The van der Waals surface area contributed by atoms with Crippen molar-refractivity contribution in [1.82, 2.24) is 14.1 Å². The van der Waals surface area contributed by atoms with E-state index < -0.39 is 22.1 Å². The van der Waals surface area contributed by atoms with Crippen molar-refractivity contribution in [3.63, 3.8) is 0 Å². The van der Waals surface area contributed by atoms with E-state index in [-0.39, 0.29) is 10.7 Å². The molecule has 3 rings (SSSR count). The molecule has 0 aliphatic carbocycles. The molecule has 7 nitrogen and oxygen atoms in total. The fourth-order valence-corrected chi connectivity index (χ4v) is 3.47. The number of halogens is 3. The van der Waals surface area contributed by atoms with E-state index in [0.717, 1.165) is 9.66 Å². The number of nitrogens with zero attached hydrogens (tertiary/aromatic N) is 4. The molecule has 0 saturated heterocycles. The highest BCUT2D eigenvalue weighted by molar-refractivity contribution is 7.90. The second-order valence-corrected chi connectivity index (χ2v) is 7.80. The quantitative estimate of drug-likeness (QED) is 0.639. The van der Waals surface area contributed by atoms with Crippen molar-refractivity contribution in [2.24, 2.45) is 0 Å². The molecule has 28 heavy (non-hydrogen) atoms. The van der Waals surface area contributed by atoms with Gasteiger partial charge in [-0.15, -0.1) is 0 Å². The van der Waals surface area contributed by atoms with Crippen molar-refractivity contribution in [1.29, 1.82) is 0 Å². The lowest BCUT2D eigenvalue weighted by Crippen LogP contribution is -2.12. The van der Waals surface area contributed by atoms with Gasteiger partial charge in [0.15, 0.2) is 5.82 Å². The van der Waals surface area contributed by atoms with Crippen LogP contribution in [0.3, 0.4) is 0 Å². The second kappa shape index (κ2) is 7.15. The van der Waals surface area contributed by atoms with Crippen LogP contribution >= 0.6 is 0 Å². The zero-order chi connectivity index (χ0) is 20.5. The predicted molar refractivity (Wildman–Crippen MR) is 96.0 cm³/mol. The van der Waals surface area contributed by atoms with Gasteiger partial charge in [-0.3, -0.25) is 0 Å². The summed E-state index contributed by atoms with van der Waals surface area (Å²) in [5.74, 6) is -1.73. The summed E-state index contributed by atoms with van der Waals surface area (Å²) < 4.78 is 67.8. The molecule has 0 radical (unpaired) electrons. The molecule has 11 heteroatoms. The Kier molecular flexibility index (Phi) is 5.02. The lowest BCUT2D eigenvalue weighted by Gasteiger charge is -2.13. The van der Waals surface area contributed by atoms with Crippen LogP contribution in [0, 0.1) is 0 Å². The first-order chi connectivity index (χ1) is 13.1. The third-order valence-electron chi connectivity index (χ3n) is 3.73. The largest absolute Gasteiger partial charge is 0.471 e. The molecular weight excluding hydrogens is 397 g/mol. The first kappa shape index (κ1) is 19.7. The molecule has 148 valence electrons. The Morgan fingerprint density at radius 1 is 1.11 bits per heavy atom. The van der Waals surface area contributed by atoms with E-state index in [1.807, 2.05) is 19.0 Å². The Bertz CT molecular complexity index is 1100. The van der Waals surface area contributed by atoms with E-state index in [1.165, 1.54) is 42.7 Å². The minimum Gasteiger partial charge on any atom is -0.378 e. The lowest BCUT2D eigenvalue weighted by atomic mass is 10.3. The molecule has 3 aromatic rings. The summed E-state index contributed by atoms with van der Waals surface area (Å²) in [6, 6.07) is 7.86. The minimum absolute atomic E-state index is 0.109. The van der Waals surface area contributed by atoms with Gasteiger partial charge in [0.2, 0.25) is 0 Å². The number of benzene rings is 1. The summed E-state index contributed by atoms with van der Waals surface area (Å²) in [7, 11) is -0.108. The summed E-state index contributed by atoms with van der Waals surface area (Å²) in [5.41, 5.74) is 1.29. The third kappa shape index (κ3) is 4.09. The zero-order valence-electron chi connectivity index (χ0n) is 14.8. The Hall–Kier alpha value is -3.08. The van der Waals surface area contributed by atoms with Crippen molar-refractivity contribution >= 4 is 27.9 Å². The van der Waals surface area contributed by atoms with Crippen LogP contribution < -0.4 is 4.90 Å². The minimum atomic E-state index is -4.72. The summed E-state index contributed by atoms with van der Waals surface area (Å²) in [4.78, 5) is 5.16. The van der Waals surface area contributed by atoms with Crippen LogP contribution in [0.1, 0.15) is 17.3 Å². The predicted octanol–water partition coefficient (Wildman–Crippen LogP) is 3.36. The van der Waals surface area contributed by atoms with Crippen LogP contribution in [0.15, 0.2) is 52.1 Å². The van der Waals surface area contributed by atoms with Crippen LogP contribution in [0.25, 0.3) is 12.2 Å². The molecule has 0 atom stereocenters. The van der Waals surface area contributed by atoms with Gasteiger partial charge in [0.05, 0.1) is 4.90 Å². The molecule has 2 aromatic heterocycles. The molecule has 2 heterocycles. The maximum atomic E-state index is 12.7. The van der Waals surface area contributed by atoms with Crippen molar-refractivity contribution in [3.05, 3.63) is 60.0 Å². The summed E-state index contributed by atoms with van der Waals surface area (Å²) in [6.07, 6.45) is 0.518. The Morgan fingerprint density at radius 2 is 1.79 bits per heavy atom. The number of hydrogen-bond donors (Lipinski definition) is 0. The topological polar surface area (TPSA) is 81.2 Å². The van der Waals surface area contributed by atoms with Crippen LogP contribution in [-0.2, 0) is 16.2 Å². The van der Waals surface area contributed by atoms with Crippen molar-refractivity contribution < 1.29 is 26.1 Å². The van der Waals surface area contributed by atoms with Crippen molar-refractivity contribution in [2.75, 3.05) is 19.0 Å². The first-order valence-electron chi connectivity index (χ1n) is 7.87. The molecule has 0 spiro atoms. The van der Waals surface area contributed by atoms with E-state index in [4.69, 9.17) is 0 Å². The number of aromatic nitrogens is 3. The summed E-state index contributed by atoms with van der Waals surface area (Å²) in [6.45, 7) is 0. The SMILES string of the molecule is CN(C)c1ccc(S(=O)(=O)n2ccc(C=Cc3noc(C(F)(F)F)n3)c2)cc1. The zero-order valence-corrected chi connectivity index (χ0v) is 15.6. The normalized spacial score (nSPS) is 12.6. The highest BCUT2D eigenvalue weighted by atomic mass is 32.2. The van der Waals surface area contributed by atoms with Gasteiger partial charge in [-0.1, -0.05) is 5.16 Å². The average molecular weight is 412 g/mol. The summed E-state index contributed by atoms with van der Waals surface area (Å²) in [5, 5.41) is 3.20. The maximum Gasteiger partial charge on any atom is 0.471 e. The fraction of sp³-hybridized carbons (Fsp3) is 0.176. The number of hydrogen-bond acceptors (Lipinski definition) is 6. The molecule has 0 amide bonds. The molecule has 0 N–H and O–H groups in total. The average Bonchev–Trinajstić information content (AvgIpc) is 3.29. The lowest BCUT2D eigenvalue weighted by molar-refractivity contribution is -0.159. The summed E-state index contributed by atoms with van der Waals surface area (Å²) >= 11 is 0. The Labute approximate surface area is 158 Å². The van der Waals surface area contributed by atoms with Crippen molar-refractivity contribution in [3.8, 4) is 0 Å². The Balaban J connectivity index is 1.80. The van der Waals surface area contributed by atoms with Gasteiger partial charge in [0.1, 0.15) is 0 Å². The highest BCUT2D eigenvalue weighted by Gasteiger charge is 2.38. The first-order valence-corrected chi connectivity index (χ1v) is 9.31. The maximum absolute atomic E-state index is 12.7. The van der Waals surface area contributed by atoms with E-state index in [2.05, 4.69) is 14.7 Å². The van der Waals surface area contributed by atoms with E-state index in [0.29, 0.717) is 5.56 Å². The molecule has 0 aliphatic rings. The molecule has 1 aromatic carbocycles. The van der Waals surface area contributed by atoms with Crippen LogP contribution in [0.5, 0.6) is 0 Å². The second-order valence-electron chi connectivity index (χ2n) is 5.96. The molecule has 0 aliphatic heterocycles. The van der Waals surface area contributed by atoms with Gasteiger partial charge < -0.3 is 9.42 Å². The van der Waals surface area contributed by atoms with Crippen LogP contribution in [0.4, 0.5) is 18.9 Å². The van der Waals surface area contributed by atoms with Gasteiger partial charge in [-0.2, -0.15) is 18.2 Å². The van der Waals surface area contributed by atoms with Gasteiger partial charge in [0.25, 0.3) is 10.0 Å². The van der Waals surface area contributed by atoms with E-state index in [9.17, 15) is 21.6 Å². The molecule has 0 unspecified atom stereocenters. The van der Waals surface area contributed by atoms with E-state index in [1.54, 1.807) is 12.1 Å². The number of anilines is 1. The van der Waals surface area contributed by atoms with E-state index >= 15 is 0 Å². The molecular formula is C17H15F3N4O3S. The highest BCUT2D eigenvalue weighted by Crippen LogP contribution is 2.27. The fourth-order valence-electron chi connectivity index (χ4n) is 2.27. The number of rotatable bonds is 5. The smallest absolute Gasteiger partial charge is 0.378 e. The standard InChI is InChI=1S/C17H15F3N4O3S/c1-23(2)13-4-6-14(7-5-13)28(25,26)24-10-9-12(11-24)3-8-15-21-16(27-22-15)17(18,19)20/h3-11H,1-2H3. The third-order valence-corrected chi connectivity index (χ3v) is 5.38. The molecule has 0 fully saturated rings.